The van der Waals surface area contributed by atoms with Crippen LogP contribution >= 0.6 is 0 Å². The number of hydrogen-bond acceptors (Lipinski definition) is 1. The molecule has 0 saturated heterocycles. The van der Waals surface area contributed by atoms with Gasteiger partial charge in [0, 0.05) is 0 Å². The van der Waals surface area contributed by atoms with Crippen LogP contribution in [0.4, 0.5) is 0 Å². The number of nitrogens with zero attached hydrogens (tertiary/aromatic N) is 1. The Morgan fingerprint density at radius 1 is 0.864 bits per heavy atom. The average molecular weight is 295 g/mol. The lowest BCUT2D eigenvalue weighted by Gasteiger charge is -2.20. The highest BCUT2D eigenvalue weighted by Gasteiger charge is 2.13. The minimum absolute atomic E-state index is 0.589. The van der Waals surface area contributed by atoms with Crippen molar-refractivity contribution in [1.82, 2.24) is 4.90 Å². The summed E-state index contributed by atoms with van der Waals surface area (Å²) in [7, 11) is 4.31. The monoisotopic (exact) mass is 295 g/mol. The van der Waals surface area contributed by atoms with Gasteiger partial charge in [-0.2, -0.15) is 0 Å². The second-order valence-corrected chi connectivity index (χ2v) is 6.80. The summed E-state index contributed by atoms with van der Waals surface area (Å²) < 4.78 is 0. The Bertz CT molecular complexity index is 557. The van der Waals surface area contributed by atoms with Crippen LogP contribution in [0.2, 0.25) is 0 Å². The zero-order valence-electron chi connectivity index (χ0n) is 14.4. The Morgan fingerprint density at radius 2 is 1.55 bits per heavy atom. The van der Waals surface area contributed by atoms with E-state index in [9.17, 15) is 0 Å². The van der Waals surface area contributed by atoms with Gasteiger partial charge in [0.25, 0.3) is 0 Å². The van der Waals surface area contributed by atoms with E-state index in [-0.39, 0.29) is 0 Å². The molecule has 0 aliphatic heterocycles. The van der Waals surface area contributed by atoms with Crippen LogP contribution in [0.3, 0.4) is 0 Å². The van der Waals surface area contributed by atoms with Gasteiger partial charge in [-0.1, -0.05) is 68.4 Å². The van der Waals surface area contributed by atoms with Crippen LogP contribution in [-0.2, 0) is 6.42 Å². The molecule has 0 heterocycles. The van der Waals surface area contributed by atoms with E-state index in [1.807, 2.05) is 0 Å². The number of rotatable bonds is 7. The smallest absolute Gasteiger partial charge is 0.00189 e. The standard InChI is InChI=1S/C21H29N/c1-17(2)20-12-8-9-18(15-20)16-21(13-14-22(3)4)19-10-6-5-7-11-19/h5-12,15,17,21H,13-14,16H2,1-4H3. The Balaban J connectivity index is 2.17. The van der Waals surface area contributed by atoms with E-state index in [1.165, 1.54) is 23.1 Å². The largest absolute Gasteiger partial charge is 0.309 e. The summed E-state index contributed by atoms with van der Waals surface area (Å²) in [6.45, 7) is 5.66. The van der Waals surface area contributed by atoms with Crippen molar-refractivity contribution in [1.29, 1.82) is 0 Å². The summed E-state index contributed by atoms with van der Waals surface area (Å²) in [6, 6.07) is 20.1. The summed E-state index contributed by atoms with van der Waals surface area (Å²) in [4.78, 5) is 2.28. The third kappa shape index (κ3) is 4.99. The molecule has 0 spiro atoms. The van der Waals surface area contributed by atoms with E-state index >= 15 is 0 Å². The highest BCUT2D eigenvalue weighted by atomic mass is 15.0. The molecule has 2 aromatic carbocycles. The van der Waals surface area contributed by atoms with Gasteiger partial charge >= 0.3 is 0 Å². The van der Waals surface area contributed by atoms with E-state index in [0.29, 0.717) is 11.8 Å². The Kier molecular flexibility index (Phi) is 6.21. The summed E-state index contributed by atoms with van der Waals surface area (Å²) in [5, 5.41) is 0. The van der Waals surface area contributed by atoms with Crippen LogP contribution < -0.4 is 0 Å². The van der Waals surface area contributed by atoms with Gasteiger partial charge in [0.05, 0.1) is 0 Å². The number of benzene rings is 2. The third-order valence-corrected chi connectivity index (χ3v) is 4.30. The van der Waals surface area contributed by atoms with Gasteiger partial charge in [0.1, 0.15) is 0 Å². The maximum Gasteiger partial charge on any atom is -0.00189 e. The zero-order valence-corrected chi connectivity index (χ0v) is 14.4. The second kappa shape index (κ2) is 8.14. The van der Waals surface area contributed by atoms with Gasteiger partial charge in [0.15, 0.2) is 0 Å². The molecule has 22 heavy (non-hydrogen) atoms. The molecule has 118 valence electrons. The van der Waals surface area contributed by atoms with Gasteiger partial charge < -0.3 is 4.90 Å². The number of hydrogen-bond donors (Lipinski definition) is 0. The first kappa shape index (κ1) is 16.8. The molecular formula is C21H29N. The quantitative estimate of drug-likeness (QED) is 0.688. The Labute approximate surface area is 136 Å². The van der Waals surface area contributed by atoms with Crippen molar-refractivity contribution < 1.29 is 0 Å². The van der Waals surface area contributed by atoms with E-state index in [4.69, 9.17) is 0 Å². The van der Waals surface area contributed by atoms with Crippen molar-refractivity contribution in [3.05, 3.63) is 71.3 Å². The lowest BCUT2D eigenvalue weighted by molar-refractivity contribution is 0.380. The molecule has 0 aliphatic carbocycles. The fourth-order valence-electron chi connectivity index (χ4n) is 2.89. The molecular weight excluding hydrogens is 266 g/mol. The van der Waals surface area contributed by atoms with E-state index in [2.05, 4.69) is 87.4 Å². The minimum Gasteiger partial charge on any atom is -0.309 e. The Morgan fingerprint density at radius 3 is 2.18 bits per heavy atom. The molecule has 0 fully saturated rings. The highest BCUT2D eigenvalue weighted by molar-refractivity contribution is 5.29. The molecule has 2 aromatic rings. The normalized spacial score (nSPS) is 12.8. The van der Waals surface area contributed by atoms with E-state index in [1.54, 1.807) is 0 Å². The van der Waals surface area contributed by atoms with Gasteiger partial charge in [-0.05, 0) is 62.0 Å². The van der Waals surface area contributed by atoms with Crippen LogP contribution in [0.1, 0.15) is 48.8 Å². The molecule has 2 rings (SSSR count). The van der Waals surface area contributed by atoms with Gasteiger partial charge in [0.2, 0.25) is 0 Å². The van der Waals surface area contributed by atoms with E-state index < -0.39 is 0 Å². The molecule has 0 bridgehead atoms. The molecule has 0 aliphatic rings. The van der Waals surface area contributed by atoms with Crippen molar-refractivity contribution in [2.24, 2.45) is 0 Å². The SMILES string of the molecule is CC(C)c1cccc(CC(CCN(C)C)c2ccccc2)c1. The lowest BCUT2D eigenvalue weighted by Crippen LogP contribution is -2.17. The van der Waals surface area contributed by atoms with Crippen LogP contribution in [0.15, 0.2) is 54.6 Å². The molecule has 0 N–H and O–H groups in total. The van der Waals surface area contributed by atoms with Crippen molar-refractivity contribution in [2.75, 3.05) is 20.6 Å². The molecule has 1 nitrogen and oxygen atoms in total. The summed E-state index contributed by atoms with van der Waals surface area (Å²) in [5.41, 5.74) is 4.36. The molecule has 0 amide bonds. The summed E-state index contributed by atoms with van der Waals surface area (Å²) in [5.74, 6) is 1.18. The molecule has 0 aromatic heterocycles. The maximum atomic E-state index is 2.39. The molecule has 0 saturated carbocycles. The first-order valence-electron chi connectivity index (χ1n) is 8.34. The van der Waals surface area contributed by atoms with E-state index in [0.717, 1.165) is 13.0 Å². The summed E-state index contributed by atoms with van der Waals surface area (Å²) >= 11 is 0. The topological polar surface area (TPSA) is 3.24 Å². The second-order valence-electron chi connectivity index (χ2n) is 6.80. The van der Waals surface area contributed by atoms with Crippen molar-refractivity contribution in [3.63, 3.8) is 0 Å². The summed E-state index contributed by atoms with van der Waals surface area (Å²) in [6.07, 6.45) is 2.32. The highest BCUT2D eigenvalue weighted by Crippen LogP contribution is 2.26. The van der Waals surface area contributed by atoms with Gasteiger partial charge in [-0.3, -0.25) is 0 Å². The van der Waals surface area contributed by atoms with Crippen LogP contribution in [0.25, 0.3) is 0 Å². The van der Waals surface area contributed by atoms with Crippen molar-refractivity contribution in [2.45, 2.75) is 38.5 Å². The van der Waals surface area contributed by atoms with Crippen molar-refractivity contribution in [3.8, 4) is 0 Å². The van der Waals surface area contributed by atoms with Crippen LogP contribution in [0.5, 0.6) is 0 Å². The third-order valence-electron chi connectivity index (χ3n) is 4.30. The Hall–Kier alpha value is -1.60. The molecule has 0 radical (unpaired) electrons. The lowest BCUT2D eigenvalue weighted by atomic mass is 9.88. The fraction of sp³-hybridized carbons (Fsp3) is 0.429. The first-order valence-corrected chi connectivity index (χ1v) is 8.34. The van der Waals surface area contributed by atoms with Gasteiger partial charge in [-0.25, -0.2) is 0 Å². The maximum absolute atomic E-state index is 2.39. The van der Waals surface area contributed by atoms with Crippen molar-refractivity contribution >= 4 is 0 Å². The molecule has 1 atom stereocenters. The van der Waals surface area contributed by atoms with Crippen LogP contribution in [0, 0.1) is 0 Å². The predicted octanol–water partition coefficient (Wildman–Crippen LogP) is 5.09. The average Bonchev–Trinajstić information content (AvgIpc) is 2.52. The fourth-order valence-corrected chi connectivity index (χ4v) is 2.89. The molecule has 1 unspecified atom stereocenters. The van der Waals surface area contributed by atoms with Crippen LogP contribution in [-0.4, -0.2) is 25.5 Å². The zero-order chi connectivity index (χ0) is 15.9. The predicted molar refractivity (Wildman–Crippen MR) is 96.6 cm³/mol. The van der Waals surface area contributed by atoms with Gasteiger partial charge in [-0.15, -0.1) is 0 Å². The molecule has 1 heteroatoms. The minimum atomic E-state index is 0.589. The first-order chi connectivity index (χ1) is 10.6.